The Kier molecular flexibility index (Phi) is 5.22. The van der Waals surface area contributed by atoms with Crippen molar-refractivity contribution < 1.29 is 19.1 Å². The van der Waals surface area contributed by atoms with Crippen LogP contribution < -0.4 is 5.32 Å². The molecule has 6 heteroatoms. The first-order valence-corrected chi connectivity index (χ1v) is 7.76. The Labute approximate surface area is 131 Å². The fourth-order valence-corrected chi connectivity index (χ4v) is 3.06. The van der Waals surface area contributed by atoms with Gasteiger partial charge in [-0.3, -0.25) is 9.59 Å². The molecule has 21 heavy (non-hydrogen) atoms. The van der Waals surface area contributed by atoms with E-state index in [2.05, 4.69) is 21.2 Å². The van der Waals surface area contributed by atoms with Crippen LogP contribution in [0.3, 0.4) is 0 Å². The Morgan fingerprint density at radius 2 is 2.05 bits per heavy atom. The maximum Gasteiger partial charge on any atom is 0.305 e. The summed E-state index contributed by atoms with van der Waals surface area (Å²) in [4.78, 5) is 23.1. The number of carbonyl (C=O) groups is 2. The highest BCUT2D eigenvalue weighted by Crippen LogP contribution is 2.31. The third-order valence-corrected chi connectivity index (χ3v) is 4.11. The highest BCUT2D eigenvalue weighted by Gasteiger charge is 2.35. The average molecular weight is 356 g/mol. The van der Waals surface area contributed by atoms with E-state index in [1.54, 1.807) is 18.2 Å². The highest BCUT2D eigenvalue weighted by molar-refractivity contribution is 9.10. The van der Waals surface area contributed by atoms with Crippen molar-refractivity contribution in [1.29, 1.82) is 0 Å². The molecule has 0 radical (unpaired) electrons. The molecule has 1 aliphatic carbocycles. The Morgan fingerprint density at radius 3 is 2.62 bits per heavy atom. The van der Waals surface area contributed by atoms with Crippen molar-refractivity contribution in [2.45, 2.75) is 44.1 Å². The third kappa shape index (κ3) is 4.74. The molecule has 0 bridgehead atoms. The molecule has 2 rings (SSSR count). The first-order valence-electron chi connectivity index (χ1n) is 6.96. The Morgan fingerprint density at radius 1 is 1.33 bits per heavy atom. The molecule has 1 aromatic rings. The number of nitrogens with one attached hydrogen (secondary N) is 1. The lowest BCUT2D eigenvalue weighted by molar-refractivity contribution is -0.139. The molecule has 1 saturated carbocycles. The van der Waals surface area contributed by atoms with E-state index in [9.17, 15) is 9.59 Å². The van der Waals surface area contributed by atoms with Gasteiger partial charge in [-0.2, -0.15) is 0 Å². The van der Waals surface area contributed by atoms with Crippen LogP contribution >= 0.6 is 15.9 Å². The zero-order valence-corrected chi connectivity index (χ0v) is 13.2. The van der Waals surface area contributed by atoms with Crippen LogP contribution in [-0.4, -0.2) is 22.5 Å². The van der Waals surface area contributed by atoms with Gasteiger partial charge in [-0.05, 0) is 47.0 Å². The number of carboxylic acid groups (broad SMARTS) is 1. The minimum absolute atomic E-state index is 0.0289. The van der Waals surface area contributed by atoms with Crippen LogP contribution in [0.4, 0.5) is 0 Å². The number of carboxylic acids is 1. The van der Waals surface area contributed by atoms with Crippen molar-refractivity contribution >= 4 is 33.9 Å². The smallest absolute Gasteiger partial charge is 0.305 e. The molecular weight excluding hydrogens is 338 g/mol. The van der Waals surface area contributed by atoms with Gasteiger partial charge in [0.25, 0.3) is 0 Å². The quantitative estimate of drug-likeness (QED) is 0.793. The van der Waals surface area contributed by atoms with E-state index in [0.717, 1.165) is 19.3 Å². The number of hydrogen-bond donors (Lipinski definition) is 2. The molecule has 1 aromatic heterocycles. The molecule has 1 fully saturated rings. The van der Waals surface area contributed by atoms with E-state index in [1.165, 1.54) is 6.08 Å². The Bertz CT molecular complexity index is 544. The molecule has 0 atom stereocenters. The van der Waals surface area contributed by atoms with Gasteiger partial charge in [0.15, 0.2) is 4.67 Å². The zero-order chi connectivity index (χ0) is 15.3. The van der Waals surface area contributed by atoms with Gasteiger partial charge in [-0.1, -0.05) is 19.3 Å². The molecule has 2 N–H and O–H groups in total. The molecular formula is C15H18BrNO4. The molecule has 0 saturated heterocycles. The summed E-state index contributed by atoms with van der Waals surface area (Å²) in [5.41, 5.74) is -0.616. The maximum absolute atomic E-state index is 12.0. The largest absolute Gasteiger partial charge is 0.481 e. The molecule has 5 nitrogen and oxygen atoms in total. The third-order valence-electron chi connectivity index (χ3n) is 3.68. The van der Waals surface area contributed by atoms with E-state index < -0.39 is 11.5 Å². The van der Waals surface area contributed by atoms with Crippen LogP contribution in [0.2, 0.25) is 0 Å². The Hall–Kier alpha value is -1.56. The topological polar surface area (TPSA) is 79.5 Å². The summed E-state index contributed by atoms with van der Waals surface area (Å²) >= 11 is 3.19. The fraction of sp³-hybridized carbons (Fsp3) is 0.467. The number of furan rings is 1. The van der Waals surface area contributed by atoms with E-state index in [-0.39, 0.29) is 12.3 Å². The molecule has 1 heterocycles. The predicted octanol–water partition coefficient (Wildman–Crippen LogP) is 3.35. The second-order valence-corrected chi connectivity index (χ2v) is 6.16. The summed E-state index contributed by atoms with van der Waals surface area (Å²) in [6.45, 7) is 0. The number of aliphatic carboxylic acids is 1. The summed E-state index contributed by atoms with van der Waals surface area (Å²) in [6, 6.07) is 3.48. The number of rotatable bonds is 5. The summed E-state index contributed by atoms with van der Waals surface area (Å²) < 4.78 is 5.86. The minimum Gasteiger partial charge on any atom is -0.481 e. The molecule has 0 aromatic carbocycles. The number of carbonyl (C=O) groups excluding carboxylic acids is 1. The number of amides is 1. The lowest BCUT2D eigenvalue weighted by Gasteiger charge is -2.36. The van der Waals surface area contributed by atoms with Crippen LogP contribution in [-0.2, 0) is 9.59 Å². The number of hydrogen-bond acceptors (Lipinski definition) is 3. The van der Waals surface area contributed by atoms with Crippen molar-refractivity contribution in [1.82, 2.24) is 5.32 Å². The van der Waals surface area contributed by atoms with Crippen molar-refractivity contribution in [3.8, 4) is 0 Å². The first kappa shape index (κ1) is 15.8. The van der Waals surface area contributed by atoms with Crippen molar-refractivity contribution in [3.63, 3.8) is 0 Å². The lowest BCUT2D eigenvalue weighted by Crippen LogP contribution is -2.50. The van der Waals surface area contributed by atoms with Gasteiger partial charge in [0.2, 0.25) is 5.91 Å². The maximum atomic E-state index is 12.0. The summed E-state index contributed by atoms with van der Waals surface area (Å²) in [5, 5.41) is 11.9. The van der Waals surface area contributed by atoms with Crippen molar-refractivity contribution in [2.75, 3.05) is 0 Å². The second kappa shape index (κ2) is 6.93. The molecule has 1 amide bonds. The van der Waals surface area contributed by atoms with Crippen LogP contribution in [0.1, 0.15) is 44.3 Å². The average Bonchev–Trinajstić information content (AvgIpc) is 2.82. The second-order valence-electron chi connectivity index (χ2n) is 5.38. The molecule has 114 valence electrons. The summed E-state index contributed by atoms with van der Waals surface area (Å²) in [6.07, 6.45) is 7.33. The van der Waals surface area contributed by atoms with Gasteiger partial charge in [-0.25, -0.2) is 0 Å². The van der Waals surface area contributed by atoms with Crippen molar-refractivity contribution in [2.24, 2.45) is 0 Å². The minimum atomic E-state index is -0.879. The Balaban J connectivity index is 2.00. The monoisotopic (exact) mass is 355 g/mol. The first-order chi connectivity index (χ1) is 9.99. The molecule has 0 spiro atoms. The van der Waals surface area contributed by atoms with Crippen LogP contribution in [0, 0.1) is 0 Å². The van der Waals surface area contributed by atoms with Gasteiger partial charge < -0.3 is 14.8 Å². The molecule has 0 unspecified atom stereocenters. The highest BCUT2D eigenvalue weighted by atomic mass is 79.9. The van der Waals surface area contributed by atoms with Gasteiger partial charge in [0.05, 0.1) is 12.0 Å². The van der Waals surface area contributed by atoms with Crippen LogP contribution in [0.15, 0.2) is 27.3 Å². The normalized spacial score (nSPS) is 17.8. The summed E-state index contributed by atoms with van der Waals surface area (Å²) in [7, 11) is 0. The van der Waals surface area contributed by atoms with E-state index in [1.807, 2.05) is 0 Å². The predicted molar refractivity (Wildman–Crippen MR) is 81.7 cm³/mol. The fourth-order valence-electron chi connectivity index (χ4n) is 2.74. The van der Waals surface area contributed by atoms with Gasteiger partial charge >= 0.3 is 5.97 Å². The number of halogens is 1. The molecule has 1 aliphatic rings. The standard InChI is InChI=1S/C15H18BrNO4/c16-12-6-4-11(21-12)5-7-13(18)17-15(10-14(19)20)8-2-1-3-9-15/h4-7H,1-3,8-10H2,(H,17,18)(H,19,20). The van der Waals surface area contributed by atoms with Gasteiger partial charge in [0, 0.05) is 6.08 Å². The van der Waals surface area contributed by atoms with E-state index in [0.29, 0.717) is 23.3 Å². The van der Waals surface area contributed by atoms with Crippen LogP contribution in [0.5, 0.6) is 0 Å². The molecule has 0 aliphatic heterocycles. The van der Waals surface area contributed by atoms with Crippen LogP contribution in [0.25, 0.3) is 6.08 Å². The van der Waals surface area contributed by atoms with E-state index in [4.69, 9.17) is 9.52 Å². The van der Waals surface area contributed by atoms with Gasteiger partial charge in [0.1, 0.15) is 5.76 Å². The summed E-state index contributed by atoms with van der Waals surface area (Å²) in [5.74, 6) is -0.602. The zero-order valence-electron chi connectivity index (χ0n) is 11.6. The van der Waals surface area contributed by atoms with Gasteiger partial charge in [-0.15, -0.1) is 0 Å². The SMILES string of the molecule is O=C(O)CC1(NC(=O)C=Cc2ccc(Br)o2)CCCCC1. The lowest BCUT2D eigenvalue weighted by atomic mass is 9.79. The van der Waals surface area contributed by atoms with E-state index >= 15 is 0 Å². The van der Waals surface area contributed by atoms with Crippen molar-refractivity contribution in [3.05, 3.63) is 28.6 Å².